The summed E-state index contributed by atoms with van der Waals surface area (Å²) < 4.78 is 0. The number of benzene rings is 2. The van der Waals surface area contributed by atoms with Crippen molar-refractivity contribution in [1.29, 1.82) is 0 Å². The van der Waals surface area contributed by atoms with Crippen molar-refractivity contribution < 1.29 is 5.11 Å². The molecule has 1 atom stereocenters. The van der Waals surface area contributed by atoms with E-state index in [2.05, 4.69) is 70.9 Å². The molecule has 1 heterocycles. The van der Waals surface area contributed by atoms with Gasteiger partial charge in [0.25, 0.3) is 0 Å². The van der Waals surface area contributed by atoms with Crippen LogP contribution in [-0.4, -0.2) is 37.4 Å². The predicted octanol–water partition coefficient (Wildman–Crippen LogP) is 2.99. The van der Waals surface area contributed by atoms with E-state index in [0.717, 1.165) is 32.5 Å². The molecule has 24 heavy (non-hydrogen) atoms. The molecule has 3 nitrogen and oxygen atoms in total. The van der Waals surface area contributed by atoms with Crippen LogP contribution in [0.3, 0.4) is 0 Å². The second-order valence-electron chi connectivity index (χ2n) is 6.27. The van der Waals surface area contributed by atoms with Crippen molar-refractivity contribution in [3.63, 3.8) is 0 Å². The minimum atomic E-state index is 0.119. The highest BCUT2D eigenvalue weighted by atomic mass is 16.2. The Kier molecular flexibility index (Phi) is 6.05. The molecule has 0 bridgehead atoms. The zero-order chi connectivity index (χ0) is 16.6. The first kappa shape index (κ1) is 16.7. The summed E-state index contributed by atoms with van der Waals surface area (Å²) in [6, 6.07) is 20.0. The Morgan fingerprint density at radius 3 is 2.50 bits per heavy atom. The second-order valence-corrected chi connectivity index (χ2v) is 6.27. The summed E-state index contributed by atoms with van der Waals surface area (Å²) in [6.07, 6.45) is 5.84. The summed E-state index contributed by atoms with van der Waals surface area (Å²) in [7, 11) is 0. The van der Waals surface area contributed by atoms with Crippen molar-refractivity contribution in [3.05, 3.63) is 77.9 Å². The molecule has 1 saturated heterocycles. The maximum atomic E-state index is 8.91. The number of rotatable bonds is 6. The first-order chi connectivity index (χ1) is 11.9. The molecule has 0 aromatic heterocycles. The van der Waals surface area contributed by atoms with Crippen LogP contribution in [0.2, 0.25) is 0 Å². The molecule has 126 valence electrons. The maximum Gasteiger partial charge on any atom is 0.0612 e. The lowest BCUT2D eigenvalue weighted by Gasteiger charge is -2.37. The Balaban J connectivity index is 1.67. The van der Waals surface area contributed by atoms with Crippen LogP contribution in [0.5, 0.6) is 0 Å². The number of aliphatic hydroxyl groups is 1. The average molecular weight is 322 g/mol. The first-order valence-electron chi connectivity index (χ1n) is 8.73. The third-order valence-corrected chi connectivity index (χ3v) is 4.55. The van der Waals surface area contributed by atoms with Gasteiger partial charge in [-0.3, -0.25) is 0 Å². The summed E-state index contributed by atoms with van der Waals surface area (Å²) in [5.41, 5.74) is 3.98. The Bertz CT molecular complexity index is 637. The van der Waals surface area contributed by atoms with Crippen LogP contribution in [-0.2, 0) is 6.42 Å². The molecule has 1 fully saturated rings. The van der Waals surface area contributed by atoms with Crippen LogP contribution in [0.15, 0.2) is 66.7 Å². The highest BCUT2D eigenvalue weighted by Crippen LogP contribution is 2.22. The molecule has 2 aromatic rings. The van der Waals surface area contributed by atoms with Crippen LogP contribution in [0.25, 0.3) is 0 Å². The lowest BCUT2D eigenvalue weighted by atomic mass is 10.0. The quantitative estimate of drug-likeness (QED) is 0.803. The molecule has 2 aromatic carbocycles. The van der Waals surface area contributed by atoms with Gasteiger partial charge in [0.15, 0.2) is 0 Å². The van der Waals surface area contributed by atoms with Crippen molar-refractivity contribution in [3.8, 4) is 0 Å². The molecule has 0 aliphatic carbocycles. The predicted molar refractivity (Wildman–Crippen MR) is 101 cm³/mol. The molecular formula is C21H26N2O. The number of anilines is 1. The number of piperazine rings is 1. The molecule has 0 saturated carbocycles. The zero-order valence-electron chi connectivity index (χ0n) is 14.1. The van der Waals surface area contributed by atoms with Gasteiger partial charge in [-0.2, -0.15) is 0 Å². The van der Waals surface area contributed by atoms with Crippen LogP contribution in [0.1, 0.15) is 17.5 Å². The van der Waals surface area contributed by atoms with Crippen molar-refractivity contribution in [2.24, 2.45) is 0 Å². The third-order valence-electron chi connectivity index (χ3n) is 4.55. The molecule has 3 rings (SSSR count). The van der Waals surface area contributed by atoms with Crippen molar-refractivity contribution in [2.75, 3.05) is 31.1 Å². The van der Waals surface area contributed by atoms with Gasteiger partial charge in [-0.15, -0.1) is 0 Å². The standard InChI is InChI=1S/C21H26N2O/c24-15-5-4-8-21-17-22-13-14-23(21)20-11-9-19(10-12-20)16-18-6-2-1-3-7-18/h1-7,9-12,21-22,24H,8,13-17H2. The Morgan fingerprint density at radius 1 is 1.00 bits per heavy atom. The van der Waals surface area contributed by atoms with Crippen LogP contribution in [0, 0.1) is 0 Å². The summed E-state index contributed by atoms with van der Waals surface area (Å²) >= 11 is 0. The zero-order valence-corrected chi connectivity index (χ0v) is 14.1. The average Bonchev–Trinajstić information content (AvgIpc) is 2.64. The summed E-state index contributed by atoms with van der Waals surface area (Å²) in [5.74, 6) is 0. The van der Waals surface area contributed by atoms with Gasteiger partial charge in [0, 0.05) is 31.4 Å². The highest BCUT2D eigenvalue weighted by Gasteiger charge is 2.21. The second kappa shape index (κ2) is 8.67. The van der Waals surface area contributed by atoms with E-state index in [1.54, 1.807) is 0 Å². The van der Waals surface area contributed by atoms with Gasteiger partial charge >= 0.3 is 0 Å². The minimum Gasteiger partial charge on any atom is -0.392 e. The summed E-state index contributed by atoms with van der Waals surface area (Å²) in [6.45, 7) is 3.15. The van der Waals surface area contributed by atoms with Gasteiger partial charge in [0.2, 0.25) is 0 Å². The van der Waals surface area contributed by atoms with Gasteiger partial charge in [-0.05, 0) is 36.1 Å². The van der Waals surface area contributed by atoms with E-state index >= 15 is 0 Å². The smallest absolute Gasteiger partial charge is 0.0612 e. The van der Waals surface area contributed by atoms with Gasteiger partial charge in [-0.1, -0.05) is 54.6 Å². The normalized spacial score (nSPS) is 18.2. The number of nitrogens with zero attached hydrogens (tertiary/aromatic N) is 1. The van der Waals surface area contributed by atoms with Crippen molar-refractivity contribution in [2.45, 2.75) is 18.9 Å². The van der Waals surface area contributed by atoms with E-state index in [9.17, 15) is 0 Å². The first-order valence-corrected chi connectivity index (χ1v) is 8.73. The molecule has 0 amide bonds. The Labute approximate surface area is 144 Å². The van der Waals surface area contributed by atoms with Gasteiger partial charge < -0.3 is 15.3 Å². The van der Waals surface area contributed by atoms with E-state index in [1.807, 2.05) is 6.08 Å². The molecule has 0 radical (unpaired) electrons. The molecular weight excluding hydrogens is 296 g/mol. The number of hydrogen-bond acceptors (Lipinski definition) is 3. The SMILES string of the molecule is OCC=CCC1CNCCN1c1ccc(Cc2ccccc2)cc1. The van der Waals surface area contributed by atoms with Gasteiger partial charge in [-0.25, -0.2) is 0 Å². The van der Waals surface area contributed by atoms with E-state index < -0.39 is 0 Å². The minimum absolute atomic E-state index is 0.119. The number of nitrogens with one attached hydrogen (secondary N) is 1. The Morgan fingerprint density at radius 2 is 1.75 bits per heavy atom. The van der Waals surface area contributed by atoms with E-state index in [4.69, 9.17) is 5.11 Å². The lowest BCUT2D eigenvalue weighted by molar-refractivity contribution is 0.342. The molecule has 1 aliphatic rings. The van der Waals surface area contributed by atoms with Crippen molar-refractivity contribution in [1.82, 2.24) is 5.32 Å². The largest absolute Gasteiger partial charge is 0.392 e. The maximum absolute atomic E-state index is 8.91. The topological polar surface area (TPSA) is 35.5 Å². The molecule has 2 N–H and O–H groups in total. The fourth-order valence-corrected chi connectivity index (χ4v) is 3.28. The van der Waals surface area contributed by atoms with Crippen LogP contribution < -0.4 is 10.2 Å². The van der Waals surface area contributed by atoms with E-state index in [0.29, 0.717) is 6.04 Å². The number of aliphatic hydroxyl groups excluding tert-OH is 1. The summed E-state index contributed by atoms with van der Waals surface area (Å²) in [4.78, 5) is 2.48. The molecule has 1 unspecified atom stereocenters. The lowest BCUT2D eigenvalue weighted by Crippen LogP contribution is -2.51. The summed E-state index contributed by atoms with van der Waals surface area (Å²) in [5, 5.41) is 12.4. The third kappa shape index (κ3) is 4.47. The van der Waals surface area contributed by atoms with Crippen molar-refractivity contribution >= 4 is 5.69 Å². The van der Waals surface area contributed by atoms with Crippen LogP contribution >= 0.6 is 0 Å². The fourth-order valence-electron chi connectivity index (χ4n) is 3.28. The molecule has 1 aliphatic heterocycles. The molecule has 0 spiro atoms. The highest BCUT2D eigenvalue weighted by molar-refractivity contribution is 5.50. The number of hydrogen-bond donors (Lipinski definition) is 2. The van der Waals surface area contributed by atoms with E-state index in [-0.39, 0.29) is 6.61 Å². The monoisotopic (exact) mass is 322 g/mol. The Hall–Kier alpha value is -2.10. The molecule has 3 heteroatoms. The fraction of sp³-hybridized carbons (Fsp3) is 0.333. The van der Waals surface area contributed by atoms with Crippen LogP contribution in [0.4, 0.5) is 5.69 Å². The van der Waals surface area contributed by atoms with E-state index in [1.165, 1.54) is 16.8 Å². The van der Waals surface area contributed by atoms with Gasteiger partial charge in [0.05, 0.1) is 6.61 Å². The van der Waals surface area contributed by atoms with Gasteiger partial charge in [0.1, 0.15) is 0 Å².